The van der Waals surface area contributed by atoms with Crippen LogP contribution in [0.3, 0.4) is 0 Å². The van der Waals surface area contributed by atoms with E-state index in [2.05, 4.69) is 20.9 Å². The van der Waals surface area contributed by atoms with E-state index in [0.29, 0.717) is 17.2 Å². The van der Waals surface area contributed by atoms with E-state index in [-0.39, 0.29) is 5.91 Å². The summed E-state index contributed by atoms with van der Waals surface area (Å²) in [7, 11) is 3.38. The number of aromatic nitrogens is 1. The number of ether oxygens (including phenoxy) is 1. The summed E-state index contributed by atoms with van der Waals surface area (Å²) in [5.74, 6) is 1.12. The SMILES string of the molecule is Cc1ccc(Oc2ccnc(C(=O)N(C)C)c2)c(Br)c1. The van der Waals surface area contributed by atoms with Crippen LogP contribution in [0, 0.1) is 6.92 Å². The molecule has 0 spiro atoms. The molecule has 20 heavy (non-hydrogen) atoms. The number of benzene rings is 1. The second kappa shape index (κ2) is 6.05. The van der Waals surface area contributed by atoms with Gasteiger partial charge in [-0.3, -0.25) is 9.78 Å². The van der Waals surface area contributed by atoms with Crippen molar-refractivity contribution in [3.8, 4) is 11.5 Å². The number of amides is 1. The minimum absolute atomic E-state index is 0.154. The van der Waals surface area contributed by atoms with Crippen LogP contribution in [0.15, 0.2) is 41.0 Å². The lowest BCUT2D eigenvalue weighted by Gasteiger charge is -2.11. The predicted octanol–water partition coefficient (Wildman–Crippen LogP) is 3.65. The maximum absolute atomic E-state index is 11.9. The summed E-state index contributed by atoms with van der Waals surface area (Å²) >= 11 is 3.46. The van der Waals surface area contributed by atoms with Gasteiger partial charge in [0.25, 0.3) is 5.91 Å². The molecule has 0 unspecified atom stereocenters. The van der Waals surface area contributed by atoms with Gasteiger partial charge in [0.1, 0.15) is 17.2 Å². The molecule has 0 saturated heterocycles. The van der Waals surface area contributed by atoms with Gasteiger partial charge in [0.15, 0.2) is 0 Å². The van der Waals surface area contributed by atoms with E-state index in [1.165, 1.54) is 4.90 Å². The monoisotopic (exact) mass is 334 g/mol. The molecule has 2 aromatic rings. The highest BCUT2D eigenvalue weighted by Crippen LogP contribution is 2.30. The third-order valence-electron chi connectivity index (χ3n) is 2.67. The zero-order valence-electron chi connectivity index (χ0n) is 11.6. The van der Waals surface area contributed by atoms with Crippen molar-refractivity contribution in [2.24, 2.45) is 0 Å². The summed E-state index contributed by atoms with van der Waals surface area (Å²) in [5.41, 5.74) is 1.50. The Bertz CT molecular complexity index is 642. The van der Waals surface area contributed by atoms with Crippen molar-refractivity contribution in [2.75, 3.05) is 14.1 Å². The summed E-state index contributed by atoms with van der Waals surface area (Å²) in [4.78, 5) is 17.4. The molecule has 1 amide bonds. The molecular formula is C15H15BrN2O2. The van der Waals surface area contributed by atoms with Gasteiger partial charge >= 0.3 is 0 Å². The standard InChI is InChI=1S/C15H15BrN2O2/c1-10-4-5-14(12(16)8-10)20-11-6-7-17-13(9-11)15(19)18(2)3/h4-9H,1-3H3. The zero-order chi connectivity index (χ0) is 14.7. The lowest BCUT2D eigenvalue weighted by atomic mass is 10.2. The summed E-state index contributed by atoms with van der Waals surface area (Å²) in [6.07, 6.45) is 1.56. The fourth-order valence-corrected chi connectivity index (χ4v) is 2.21. The Morgan fingerprint density at radius 3 is 2.65 bits per heavy atom. The Balaban J connectivity index is 2.26. The van der Waals surface area contributed by atoms with E-state index in [9.17, 15) is 4.79 Å². The number of carbonyl (C=O) groups excluding carboxylic acids is 1. The number of rotatable bonds is 3. The molecule has 2 rings (SSSR count). The molecule has 0 saturated carbocycles. The molecule has 0 fully saturated rings. The van der Waals surface area contributed by atoms with Crippen molar-refractivity contribution in [1.82, 2.24) is 9.88 Å². The zero-order valence-corrected chi connectivity index (χ0v) is 13.1. The molecule has 5 heteroatoms. The first-order valence-electron chi connectivity index (χ1n) is 6.09. The summed E-state index contributed by atoms with van der Waals surface area (Å²) in [6, 6.07) is 9.18. The predicted molar refractivity (Wildman–Crippen MR) is 81.2 cm³/mol. The highest BCUT2D eigenvalue weighted by Gasteiger charge is 2.11. The molecule has 0 bridgehead atoms. The quantitative estimate of drug-likeness (QED) is 0.860. The van der Waals surface area contributed by atoms with E-state index in [0.717, 1.165) is 10.0 Å². The van der Waals surface area contributed by atoms with E-state index in [1.54, 1.807) is 32.4 Å². The van der Waals surface area contributed by atoms with E-state index in [4.69, 9.17) is 4.74 Å². The van der Waals surface area contributed by atoms with Crippen molar-refractivity contribution in [2.45, 2.75) is 6.92 Å². The molecule has 1 aromatic carbocycles. The Kier molecular flexibility index (Phi) is 4.39. The van der Waals surface area contributed by atoms with Crippen LogP contribution in [-0.2, 0) is 0 Å². The number of pyridine rings is 1. The van der Waals surface area contributed by atoms with Crippen LogP contribution in [0.25, 0.3) is 0 Å². The largest absolute Gasteiger partial charge is 0.456 e. The van der Waals surface area contributed by atoms with Crippen LogP contribution in [0.4, 0.5) is 0 Å². The van der Waals surface area contributed by atoms with Crippen molar-refractivity contribution in [1.29, 1.82) is 0 Å². The third kappa shape index (κ3) is 3.36. The molecular weight excluding hydrogens is 320 g/mol. The first kappa shape index (κ1) is 14.5. The van der Waals surface area contributed by atoms with Crippen molar-refractivity contribution in [3.05, 3.63) is 52.3 Å². The number of halogens is 1. The number of hydrogen-bond acceptors (Lipinski definition) is 3. The van der Waals surface area contributed by atoms with Crippen LogP contribution in [-0.4, -0.2) is 29.9 Å². The van der Waals surface area contributed by atoms with Gasteiger partial charge in [-0.15, -0.1) is 0 Å². The lowest BCUT2D eigenvalue weighted by Crippen LogP contribution is -2.22. The van der Waals surface area contributed by atoms with E-state index < -0.39 is 0 Å². The van der Waals surface area contributed by atoms with Gasteiger partial charge in [-0.25, -0.2) is 0 Å². The second-order valence-corrected chi connectivity index (χ2v) is 5.47. The number of nitrogens with zero attached hydrogens (tertiary/aromatic N) is 2. The van der Waals surface area contributed by atoms with Gasteiger partial charge in [0.05, 0.1) is 4.47 Å². The summed E-state index contributed by atoms with van der Waals surface area (Å²) < 4.78 is 6.65. The average Bonchev–Trinajstić information content (AvgIpc) is 2.41. The maximum atomic E-state index is 11.9. The minimum Gasteiger partial charge on any atom is -0.456 e. The highest BCUT2D eigenvalue weighted by atomic mass is 79.9. The van der Waals surface area contributed by atoms with Gasteiger partial charge in [0.2, 0.25) is 0 Å². The fraction of sp³-hybridized carbons (Fsp3) is 0.200. The molecule has 104 valence electrons. The molecule has 4 nitrogen and oxygen atoms in total. The van der Waals surface area contributed by atoms with E-state index in [1.807, 2.05) is 25.1 Å². The van der Waals surface area contributed by atoms with Gasteiger partial charge in [0, 0.05) is 26.4 Å². The normalized spacial score (nSPS) is 10.2. The van der Waals surface area contributed by atoms with Crippen LogP contribution < -0.4 is 4.74 Å². The first-order valence-corrected chi connectivity index (χ1v) is 6.88. The topological polar surface area (TPSA) is 42.4 Å². The maximum Gasteiger partial charge on any atom is 0.272 e. The number of carbonyl (C=O) groups is 1. The summed E-state index contributed by atoms with van der Waals surface area (Å²) in [5, 5.41) is 0. The van der Waals surface area contributed by atoms with Crippen molar-refractivity contribution >= 4 is 21.8 Å². The van der Waals surface area contributed by atoms with Gasteiger partial charge in [-0.1, -0.05) is 6.07 Å². The van der Waals surface area contributed by atoms with Crippen LogP contribution in [0.5, 0.6) is 11.5 Å². The average molecular weight is 335 g/mol. The number of aryl methyl sites for hydroxylation is 1. The van der Waals surface area contributed by atoms with Gasteiger partial charge < -0.3 is 9.64 Å². The molecule has 1 aromatic heterocycles. The molecule has 0 aliphatic carbocycles. The highest BCUT2D eigenvalue weighted by molar-refractivity contribution is 9.10. The lowest BCUT2D eigenvalue weighted by molar-refractivity contribution is 0.0821. The molecule has 0 atom stereocenters. The Hall–Kier alpha value is -1.88. The molecule has 0 aliphatic rings. The van der Waals surface area contributed by atoms with Crippen molar-refractivity contribution < 1.29 is 9.53 Å². The Labute approximate surface area is 126 Å². The van der Waals surface area contributed by atoms with Crippen LogP contribution >= 0.6 is 15.9 Å². The summed E-state index contributed by atoms with van der Waals surface area (Å²) in [6.45, 7) is 2.01. The van der Waals surface area contributed by atoms with Gasteiger partial charge in [-0.2, -0.15) is 0 Å². The first-order chi connectivity index (χ1) is 9.47. The Morgan fingerprint density at radius 2 is 2.00 bits per heavy atom. The fourth-order valence-electron chi connectivity index (χ4n) is 1.64. The van der Waals surface area contributed by atoms with E-state index >= 15 is 0 Å². The molecule has 0 aliphatic heterocycles. The molecule has 0 radical (unpaired) electrons. The van der Waals surface area contributed by atoms with Crippen molar-refractivity contribution in [3.63, 3.8) is 0 Å². The molecule has 0 N–H and O–H groups in total. The third-order valence-corrected chi connectivity index (χ3v) is 3.29. The van der Waals surface area contributed by atoms with Crippen LogP contribution in [0.1, 0.15) is 16.1 Å². The smallest absolute Gasteiger partial charge is 0.272 e. The second-order valence-electron chi connectivity index (χ2n) is 4.61. The van der Waals surface area contributed by atoms with Gasteiger partial charge in [-0.05, 0) is 46.6 Å². The Morgan fingerprint density at radius 1 is 1.25 bits per heavy atom. The minimum atomic E-state index is -0.154. The number of hydrogen-bond donors (Lipinski definition) is 0. The van der Waals surface area contributed by atoms with Crippen LogP contribution in [0.2, 0.25) is 0 Å². The molecule has 1 heterocycles.